The summed E-state index contributed by atoms with van der Waals surface area (Å²) in [6, 6.07) is 0.143. The molecule has 2 unspecified atom stereocenters. The lowest BCUT2D eigenvalue weighted by atomic mass is 9.88. The van der Waals surface area contributed by atoms with Crippen LogP contribution >= 0.6 is 0 Å². The van der Waals surface area contributed by atoms with Crippen molar-refractivity contribution < 1.29 is 9.59 Å². The zero-order valence-electron chi connectivity index (χ0n) is 10.2. The summed E-state index contributed by atoms with van der Waals surface area (Å²) in [7, 11) is 0. The molecule has 0 aromatic rings. The van der Waals surface area contributed by atoms with Crippen LogP contribution in [0.25, 0.3) is 0 Å². The average Bonchev–Trinajstić information content (AvgIpc) is 3.07. The van der Waals surface area contributed by atoms with Gasteiger partial charge >= 0.3 is 0 Å². The van der Waals surface area contributed by atoms with Gasteiger partial charge in [0.15, 0.2) is 0 Å². The molecule has 0 spiro atoms. The minimum Gasteiger partial charge on any atom is -0.345 e. The van der Waals surface area contributed by atoms with E-state index < -0.39 is 5.54 Å². The Kier molecular flexibility index (Phi) is 2.68. The molecule has 1 N–H and O–H groups in total. The van der Waals surface area contributed by atoms with Crippen LogP contribution < -0.4 is 5.32 Å². The second-order valence-corrected chi connectivity index (χ2v) is 5.13. The maximum Gasteiger partial charge on any atom is 0.246 e. The first-order valence-corrected chi connectivity index (χ1v) is 6.12. The maximum atomic E-state index is 12.1. The fraction of sp³-hybridized carbons (Fsp3) is 0.833. The first-order chi connectivity index (χ1) is 7.51. The van der Waals surface area contributed by atoms with Crippen molar-refractivity contribution in [2.24, 2.45) is 5.92 Å². The molecular formula is C12H20N2O2. The van der Waals surface area contributed by atoms with E-state index >= 15 is 0 Å². The molecule has 4 heteroatoms. The van der Waals surface area contributed by atoms with Crippen LogP contribution in [0.15, 0.2) is 0 Å². The third kappa shape index (κ3) is 1.51. The van der Waals surface area contributed by atoms with Crippen LogP contribution in [-0.2, 0) is 9.59 Å². The molecule has 1 saturated heterocycles. The molecule has 1 aliphatic heterocycles. The predicted octanol–water partition coefficient (Wildman–Crippen LogP) is 0.912. The number of piperazine rings is 1. The quantitative estimate of drug-likeness (QED) is 0.774. The summed E-state index contributed by atoms with van der Waals surface area (Å²) in [6.45, 7) is 6.16. The van der Waals surface area contributed by atoms with Crippen LogP contribution in [0.4, 0.5) is 0 Å². The Morgan fingerprint density at radius 1 is 1.50 bits per heavy atom. The molecule has 2 aliphatic rings. The van der Waals surface area contributed by atoms with Crippen molar-refractivity contribution in [2.45, 2.75) is 51.6 Å². The number of carbonyl (C=O) groups excluding carboxylic acids is 2. The number of hydrogen-bond acceptors (Lipinski definition) is 2. The van der Waals surface area contributed by atoms with Crippen LogP contribution in [0, 0.1) is 5.92 Å². The van der Waals surface area contributed by atoms with Crippen molar-refractivity contribution in [1.29, 1.82) is 0 Å². The summed E-state index contributed by atoms with van der Waals surface area (Å²) in [5.41, 5.74) is -0.606. The summed E-state index contributed by atoms with van der Waals surface area (Å²) in [6.07, 6.45) is 3.01. The van der Waals surface area contributed by atoms with Gasteiger partial charge in [0, 0.05) is 6.04 Å². The third-order valence-corrected chi connectivity index (χ3v) is 4.03. The fourth-order valence-corrected chi connectivity index (χ4v) is 2.70. The molecule has 0 radical (unpaired) electrons. The van der Waals surface area contributed by atoms with Crippen molar-refractivity contribution in [3.05, 3.63) is 0 Å². The van der Waals surface area contributed by atoms with Crippen molar-refractivity contribution in [3.8, 4) is 0 Å². The van der Waals surface area contributed by atoms with Gasteiger partial charge in [-0.1, -0.05) is 6.92 Å². The molecule has 1 heterocycles. The zero-order chi connectivity index (χ0) is 11.9. The van der Waals surface area contributed by atoms with E-state index in [-0.39, 0.29) is 24.4 Å². The van der Waals surface area contributed by atoms with Gasteiger partial charge in [0.1, 0.15) is 5.54 Å². The van der Waals surface area contributed by atoms with E-state index in [1.807, 2.05) is 18.7 Å². The summed E-state index contributed by atoms with van der Waals surface area (Å²) in [5, 5.41) is 2.72. The minimum atomic E-state index is -0.606. The van der Waals surface area contributed by atoms with Gasteiger partial charge in [0.2, 0.25) is 11.8 Å². The lowest BCUT2D eigenvalue weighted by molar-refractivity contribution is -0.157. The largest absolute Gasteiger partial charge is 0.345 e. The molecule has 1 saturated carbocycles. The lowest BCUT2D eigenvalue weighted by Gasteiger charge is -2.47. The van der Waals surface area contributed by atoms with Gasteiger partial charge in [0.05, 0.1) is 6.54 Å². The number of rotatable bonds is 3. The number of carbonyl (C=O) groups is 2. The Labute approximate surface area is 96.4 Å². The monoisotopic (exact) mass is 224 g/mol. The highest BCUT2D eigenvalue weighted by Gasteiger charge is 2.55. The minimum absolute atomic E-state index is 0.0231. The molecule has 2 atom stereocenters. The highest BCUT2D eigenvalue weighted by molar-refractivity contribution is 5.98. The van der Waals surface area contributed by atoms with Gasteiger partial charge in [-0.25, -0.2) is 0 Å². The molecule has 4 nitrogen and oxygen atoms in total. The Morgan fingerprint density at radius 3 is 2.62 bits per heavy atom. The number of amides is 2. The van der Waals surface area contributed by atoms with E-state index in [1.54, 1.807) is 0 Å². The Hall–Kier alpha value is -1.06. The van der Waals surface area contributed by atoms with Crippen molar-refractivity contribution in [2.75, 3.05) is 6.54 Å². The standard InChI is InChI=1S/C12H20N2O2/c1-4-8(2)14-10(15)7-13-11(16)12(14,3)9-5-6-9/h8-9H,4-7H2,1-3H3,(H,13,16). The number of nitrogens with zero attached hydrogens (tertiary/aromatic N) is 1. The molecule has 0 bridgehead atoms. The molecule has 16 heavy (non-hydrogen) atoms. The highest BCUT2D eigenvalue weighted by atomic mass is 16.2. The van der Waals surface area contributed by atoms with Gasteiger partial charge in [-0.3, -0.25) is 9.59 Å². The topological polar surface area (TPSA) is 49.4 Å². The molecular weight excluding hydrogens is 204 g/mol. The summed E-state index contributed by atoms with van der Waals surface area (Å²) < 4.78 is 0. The molecule has 0 aromatic heterocycles. The Morgan fingerprint density at radius 2 is 2.12 bits per heavy atom. The zero-order valence-corrected chi connectivity index (χ0v) is 10.2. The average molecular weight is 224 g/mol. The second-order valence-electron chi connectivity index (χ2n) is 5.13. The van der Waals surface area contributed by atoms with Crippen molar-refractivity contribution >= 4 is 11.8 Å². The van der Waals surface area contributed by atoms with Crippen molar-refractivity contribution in [1.82, 2.24) is 10.2 Å². The first-order valence-electron chi connectivity index (χ1n) is 6.12. The highest BCUT2D eigenvalue weighted by Crippen LogP contribution is 2.45. The summed E-state index contributed by atoms with van der Waals surface area (Å²) in [5.74, 6) is 0.434. The maximum absolute atomic E-state index is 12.1. The van der Waals surface area contributed by atoms with E-state index in [0.29, 0.717) is 5.92 Å². The fourth-order valence-electron chi connectivity index (χ4n) is 2.70. The van der Waals surface area contributed by atoms with E-state index in [1.165, 1.54) is 0 Å². The Bertz CT molecular complexity index is 325. The first kappa shape index (κ1) is 11.4. The molecule has 0 aromatic carbocycles. The molecule has 1 aliphatic carbocycles. The normalized spacial score (nSPS) is 32.6. The summed E-state index contributed by atoms with van der Waals surface area (Å²) >= 11 is 0. The van der Waals surface area contributed by atoms with Crippen LogP contribution in [0.5, 0.6) is 0 Å². The van der Waals surface area contributed by atoms with Crippen LogP contribution in [0.2, 0.25) is 0 Å². The van der Waals surface area contributed by atoms with Gasteiger partial charge in [-0.15, -0.1) is 0 Å². The second kappa shape index (κ2) is 3.75. The van der Waals surface area contributed by atoms with Gasteiger partial charge < -0.3 is 10.2 Å². The third-order valence-electron chi connectivity index (χ3n) is 4.03. The Balaban J connectivity index is 2.33. The lowest BCUT2D eigenvalue weighted by Crippen LogP contribution is -2.68. The molecule has 2 amide bonds. The van der Waals surface area contributed by atoms with E-state index in [9.17, 15) is 9.59 Å². The van der Waals surface area contributed by atoms with E-state index in [2.05, 4.69) is 12.2 Å². The molecule has 2 fully saturated rings. The number of nitrogens with one attached hydrogen (secondary N) is 1. The molecule has 90 valence electrons. The van der Waals surface area contributed by atoms with Crippen LogP contribution in [-0.4, -0.2) is 34.8 Å². The van der Waals surface area contributed by atoms with Gasteiger partial charge in [-0.2, -0.15) is 0 Å². The predicted molar refractivity (Wildman–Crippen MR) is 60.7 cm³/mol. The van der Waals surface area contributed by atoms with Crippen LogP contribution in [0.1, 0.15) is 40.0 Å². The SMILES string of the molecule is CCC(C)N1C(=O)CNC(=O)C1(C)C1CC1. The van der Waals surface area contributed by atoms with Gasteiger partial charge in [0.25, 0.3) is 0 Å². The smallest absolute Gasteiger partial charge is 0.246 e. The van der Waals surface area contributed by atoms with Gasteiger partial charge in [-0.05, 0) is 39.0 Å². The van der Waals surface area contributed by atoms with E-state index in [4.69, 9.17) is 0 Å². The number of hydrogen-bond donors (Lipinski definition) is 1. The van der Waals surface area contributed by atoms with E-state index in [0.717, 1.165) is 19.3 Å². The molecule has 2 rings (SSSR count). The van der Waals surface area contributed by atoms with Crippen molar-refractivity contribution in [3.63, 3.8) is 0 Å². The summed E-state index contributed by atoms with van der Waals surface area (Å²) in [4.78, 5) is 25.9. The van der Waals surface area contributed by atoms with Crippen LogP contribution in [0.3, 0.4) is 0 Å².